The molecule has 0 aliphatic carbocycles. The summed E-state index contributed by atoms with van der Waals surface area (Å²) in [6.45, 7) is 5.82. The van der Waals surface area contributed by atoms with Gasteiger partial charge in [0.1, 0.15) is 11.8 Å². The number of rotatable bonds is 9. The quantitative estimate of drug-likeness (QED) is 0.559. The molecule has 2 aromatic carbocycles. The Kier molecular flexibility index (Phi) is 8.99. The maximum absolute atomic E-state index is 12.9. The molecule has 29 heavy (non-hydrogen) atoms. The number of carbonyl (C=O) groups is 2. The Morgan fingerprint density at radius 3 is 2.31 bits per heavy atom. The van der Waals surface area contributed by atoms with E-state index in [4.69, 9.17) is 16.3 Å². The van der Waals surface area contributed by atoms with Gasteiger partial charge in [0.15, 0.2) is 6.61 Å². The Bertz CT molecular complexity index is 812. The summed E-state index contributed by atoms with van der Waals surface area (Å²) >= 11 is 9.29. The van der Waals surface area contributed by atoms with Crippen LogP contribution in [0, 0.1) is 0 Å². The Morgan fingerprint density at radius 2 is 1.72 bits per heavy atom. The molecule has 156 valence electrons. The summed E-state index contributed by atoms with van der Waals surface area (Å²) in [6, 6.07) is 13.9. The molecule has 0 saturated carbocycles. The highest BCUT2D eigenvalue weighted by Crippen LogP contribution is 2.17. The van der Waals surface area contributed by atoms with Gasteiger partial charge in [0.25, 0.3) is 5.91 Å². The number of amides is 2. The Labute approximate surface area is 185 Å². The molecular formula is C22H26BrClN2O3. The van der Waals surface area contributed by atoms with Crippen LogP contribution in [0.5, 0.6) is 5.75 Å². The van der Waals surface area contributed by atoms with Gasteiger partial charge in [0.05, 0.1) is 0 Å². The Balaban J connectivity index is 2.13. The third kappa shape index (κ3) is 7.37. The minimum absolute atomic E-state index is 0.0416. The second-order valence-corrected chi connectivity index (χ2v) is 8.24. The van der Waals surface area contributed by atoms with E-state index in [0.29, 0.717) is 17.3 Å². The van der Waals surface area contributed by atoms with Crippen LogP contribution in [0.1, 0.15) is 32.8 Å². The number of benzene rings is 2. The van der Waals surface area contributed by atoms with Crippen LogP contribution >= 0.6 is 27.5 Å². The average molecular weight is 482 g/mol. The van der Waals surface area contributed by atoms with E-state index in [1.165, 1.54) is 4.90 Å². The smallest absolute Gasteiger partial charge is 0.261 e. The molecule has 2 atom stereocenters. The second-order valence-electron chi connectivity index (χ2n) is 6.88. The molecule has 0 unspecified atom stereocenters. The van der Waals surface area contributed by atoms with Crippen LogP contribution in [0.15, 0.2) is 53.0 Å². The first kappa shape index (κ1) is 23.2. The SMILES string of the molecule is CC[C@@H](C)NC(=O)[C@@H](C)N(Cc1ccc(Br)cc1)C(=O)COc1ccc(Cl)cc1. The van der Waals surface area contributed by atoms with Crippen LogP contribution < -0.4 is 10.1 Å². The lowest BCUT2D eigenvalue weighted by Crippen LogP contribution is -2.50. The third-order valence-corrected chi connectivity index (χ3v) is 5.39. The van der Waals surface area contributed by atoms with Gasteiger partial charge in [0.2, 0.25) is 5.91 Å². The molecule has 2 aromatic rings. The fourth-order valence-electron chi connectivity index (χ4n) is 2.59. The van der Waals surface area contributed by atoms with Gasteiger partial charge in [0, 0.05) is 22.1 Å². The molecule has 7 heteroatoms. The number of nitrogens with one attached hydrogen (secondary N) is 1. The predicted molar refractivity (Wildman–Crippen MR) is 119 cm³/mol. The number of nitrogens with zero attached hydrogens (tertiary/aromatic N) is 1. The summed E-state index contributed by atoms with van der Waals surface area (Å²) in [5.41, 5.74) is 0.927. The molecule has 0 fully saturated rings. The summed E-state index contributed by atoms with van der Waals surface area (Å²) in [6.07, 6.45) is 0.818. The predicted octanol–water partition coefficient (Wildman–Crippen LogP) is 4.81. The molecule has 0 heterocycles. The highest BCUT2D eigenvalue weighted by atomic mass is 79.9. The van der Waals surface area contributed by atoms with Gasteiger partial charge in [-0.3, -0.25) is 9.59 Å². The monoisotopic (exact) mass is 480 g/mol. The van der Waals surface area contributed by atoms with E-state index < -0.39 is 6.04 Å². The minimum atomic E-state index is -0.631. The number of carbonyl (C=O) groups excluding carboxylic acids is 2. The van der Waals surface area contributed by atoms with Crippen LogP contribution in [0.2, 0.25) is 5.02 Å². The molecule has 0 spiro atoms. The molecule has 2 rings (SSSR count). The fraction of sp³-hybridized carbons (Fsp3) is 0.364. The largest absolute Gasteiger partial charge is 0.484 e. The number of hydrogen-bond acceptors (Lipinski definition) is 3. The lowest BCUT2D eigenvalue weighted by atomic mass is 10.1. The zero-order chi connectivity index (χ0) is 21.4. The summed E-state index contributed by atoms with van der Waals surface area (Å²) in [4.78, 5) is 27.1. The number of hydrogen-bond donors (Lipinski definition) is 1. The van der Waals surface area contributed by atoms with E-state index in [0.717, 1.165) is 16.5 Å². The summed E-state index contributed by atoms with van der Waals surface area (Å²) in [5.74, 6) is 0.0917. The Morgan fingerprint density at radius 1 is 1.10 bits per heavy atom. The van der Waals surface area contributed by atoms with Crippen LogP contribution in [0.25, 0.3) is 0 Å². The second kappa shape index (κ2) is 11.2. The highest BCUT2D eigenvalue weighted by molar-refractivity contribution is 9.10. The maximum Gasteiger partial charge on any atom is 0.261 e. The molecule has 0 radical (unpaired) electrons. The Hall–Kier alpha value is -2.05. The molecule has 0 bridgehead atoms. The molecule has 0 aromatic heterocycles. The van der Waals surface area contributed by atoms with Crippen molar-refractivity contribution in [3.8, 4) is 5.75 Å². The van der Waals surface area contributed by atoms with Crippen molar-refractivity contribution in [1.29, 1.82) is 0 Å². The van der Waals surface area contributed by atoms with Crippen molar-refractivity contribution in [3.05, 3.63) is 63.6 Å². The average Bonchev–Trinajstić information content (AvgIpc) is 2.72. The van der Waals surface area contributed by atoms with Crippen LogP contribution in [-0.4, -0.2) is 35.4 Å². The van der Waals surface area contributed by atoms with Crippen molar-refractivity contribution >= 4 is 39.3 Å². The van der Waals surface area contributed by atoms with Crippen LogP contribution in [0.4, 0.5) is 0 Å². The number of ether oxygens (including phenoxy) is 1. The van der Waals surface area contributed by atoms with Crippen molar-refractivity contribution in [2.75, 3.05) is 6.61 Å². The molecule has 5 nitrogen and oxygen atoms in total. The summed E-state index contributed by atoms with van der Waals surface area (Å²) < 4.78 is 6.56. The highest BCUT2D eigenvalue weighted by Gasteiger charge is 2.27. The number of halogens is 2. The van der Waals surface area contributed by atoms with E-state index in [1.54, 1.807) is 31.2 Å². The van der Waals surface area contributed by atoms with Crippen molar-refractivity contribution < 1.29 is 14.3 Å². The standard InChI is InChI=1S/C22H26BrClN2O3/c1-4-15(2)25-22(28)16(3)26(13-17-5-7-18(23)8-6-17)21(27)14-29-20-11-9-19(24)10-12-20/h5-12,15-16H,4,13-14H2,1-3H3,(H,25,28)/t15-,16-/m1/s1. The first-order valence-corrected chi connectivity index (χ1v) is 10.7. The first-order valence-electron chi connectivity index (χ1n) is 9.52. The van der Waals surface area contributed by atoms with Crippen molar-refractivity contribution in [1.82, 2.24) is 10.2 Å². The van der Waals surface area contributed by atoms with Gasteiger partial charge < -0.3 is 15.0 Å². The van der Waals surface area contributed by atoms with Crippen LogP contribution in [0.3, 0.4) is 0 Å². The maximum atomic E-state index is 12.9. The van der Waals surface area contributed by atoms with Crippen molar-refractivity contribution in [3.63, 3.8) is 0 Å². The van der Waals surface area contributed by atoms with E-state index in [9.17, 15) is 9.59 Å². The minimum Gasteiger partial charge on any atom is -0.484 e. The van der Waals surface area contributed by atoms with E-state index in [-0.39, 0.29) is 24.5 Å². The van der Waals surface area contributed by atoms with E-state index >= 15 is 0 Å². The summed E-state index contributed by atoms with van der Waals surface area (Å²) in [5, 5.41) is 3.54. The zero-order valence-electron chi connectivity index (χ0n) is 16.8. The van der Waals surface area contributed by atoms with E-state index in [2.05, 4.69) is 21.2 Å². The van der Waals surface area contributed by atoms with Gasteiger partial charge in [-0.1, -0.05) is 46.6 Å². The van der Waals surface area contributed by atoms with Crippen molar-refractivity contribution in [2.45, 2.75) is 45.8 Å². The lowest BCUT2D eigenvalue weighted by Gasteiger charge is -2.29. The molecule has 0 aliphatic heterocycles. The van der Waals surface area contributed by atoms with Crippen molar-refractivity contribution in [2.24, 2.45) is 0 Å². The van der Waals surface area contributed by atoms with Gasteiger partial charge in [-0.05, 0) is 62.2 Å². The van der Waals surface area contributed by atoms with Gasteiger partial charge >= 0.3 is 0 Å². The molecular weight excluding hydrogens is 456 g/mol. The van der Waals surface area contributed by atoms with Gasteiger partial charge in [-0.2, -0.15) is 0 Å². The fourth-order valence-corrected chi connectivity index (χ4v) is 2.98. The van der Waals surface area contributed by atoms with Gasteiger partial charge in [-0.25, -0.2) is 0 Å². The third-order valence-electron chi connectivity index (χ3n) is 4.61. The lowest BCUT2D eigenvalue weighted by molar-refractivity contribution is -0.142. The van der Waals surface area contributed by atoms with Crippen LogP contribution in [-0.2, 0) is 16.1 Å². The zero-order valence-corrected chi connectivity index (χ0v) is 19.2. The molecule has 0 aliphatic rings. The summed E-state index contributed by atoms with van der Waals surface area (Å²) in [7, 11) is 0. The molecule has 0 saturated heterocycles. The van der Waals surface area contributed by atoms with Gasteiger partial charge in [-0.15, -0.1) is 0 Å². The normalized spacial score (nSPS) is 12.7. The molecule has 1 N–H and O–H groups in total. The van der Waals surface area contributed by atoms with E-state index in [1.807, 2.05) is 38.1 Å². The topological polar surface area (TPSA) is 58.6 Å². The molecule has 2 amide bonds. The first-order chi connectivity index (χ1) is 13.8.